The molecule has 0 saturated heterocycles. The van der Waals surface area contributed by atoms with Crippen LogP contribution < -0.4 is 10.4 Å². The first-order valence-electron chi connectivity index (χ1n) is 7.50. The van der Waals surface area contributed by atoms with E-state index in [0.717, 1.165) is 5.69 Å². The monoisotopic (exact) mass is 279 g/mol. The van der Waals surface area contributed by atoms with Crippen LogP contribution in [0.4, 0.5) is 5.69 Å². The highest BCUT2D eigenvalue weighted by atomic mass is 14.7. The molecule has 2 aliphatic rings. The summed E-state index contributed by atoms with van der Waals surface area (Å²) < 4.78 is 0. The zero-order valence-electron chi connectivity index (χ0n) is 12.0. The zero-order valence-corrected chi connectivity index (χ0v) is 12.0. The second kappa shape index (κ2) is 4.28. The first-order chi connectivity index (χ1) is 10.9. The first kappa shape index (κ1) is 11.7. The van der Waals surface area contributed by atoms with Gasteiger partial charge in [0, 0.05) is 17.0 Å². The maximum absolute atomic E-state index is 4.54. The van der Waals surface area contributed by atoms with Crippen molar-refractivity contribution >= 4 is 24.1 Å². The molecule has 0 atom stereocenters. The van der Waals surface area contributed by atoms with E-state index in [1.807, 2.05) is 6.21 Å². The maximum atomic E-state index is 4.54. The molecule has 1 heteroatoms. The third kappa shape index (κ3) is 1.51. The fourth-order valence-electron chi connectivity index (χ4n) is 3.46. The normalized spacial score (nSPS) is 13.1. The van der Waals surface area contributed by atoms with Crippen molar-refractivity contribution in [2.24, 2.45) is 4.99 Å². The molecule has 0 saturated carbocycles. The second-order valence-corrected chi connectivity index (χ2v) is 5.69. The molecule has 22 heavy (non-hydrogen) atoms. The van der Waals surface area contributed by atoms with E-state index in [1.54, 1.807) is 0 Å². The highest BCUT2D eigenvalue weighted by Crippen LogP contribution is 2.26. The Bertz CT molecular complexity index is 1150. The van der Waals surface area contributed by atoms with Crippen LogP contribution in [-0.4, -0.2) is 6.21 Å². The van der Waals surface area contributed by atoms with Gasteiger partial charge in [-0.3, -0.25) is 4.99 Å². The molecule has 0 aromatic heterocycles. The van der Waals surface area contributed by atoms with E-state index >= 15 is 0 Å². The van der Waals surface area contributed by atoms with Crippen molar-refractivity contribution in [3.63, 3.8) is 0 Å². The molecule has 0 fully saturated rings. The van der Waals surface area contributed by atoms with Crippen molar-refractivity contribution < 1.29 is 0 Å². The van der Waals surface area contributed by atoms with Gasteiger partial charge in [-0.25, -0.2) is 0 Å². The van der Waals surface area contributed by atoms with Crippen LogP contribution in [0.3, 0.4) is 0 Å². The lowest BCUT2D eigenvalue weighted by Gasteiger charge is -2.03. The quantitative estimate of drug-likeness (QED) is 0.507. The summed E-state index contributed by atoms with van der Waals surface area (Å²) in [4.78, 5) is 4.54. The van der Waals surface area contributed by atoms with Crippen LogP contribution in [0.25, 0.3) is 23.3 Å². The van der Waals surface area contributed by atoms with Crippen molar-refractivity contribution in [2.45, 2.75) is 0 Å². The third-order valence-electron chi connectivity index (χ3n) is 4.46. The SMILES string of the molecule is C1=Nc2c3c(ccc2=C1)=c1c(-c2ccccc2)cccc1=C3. The second-order valence-electron chi connectivity index (χ2n) is 5.69. The molecule has 3 aromatic rings. The predicted octanol–water partition coefficient (Wildman–Crippen LogP) is 3.28. The fourth-order valence-corrected chi connectivity index (χ4v) is 3.46. The van der Waals surface area contributed by atoms with Gasteiger partial charge in [-0.2, -0.15) is 0 Å². The third-order valence-corrected chi connectivity index (χ3v) is 4.46. The minimum Gasteiger partial charge on any atom is -0.256 e. The molecule has 1 heterocycles. The molecule has 0 radical (unpaired) electrons. The summed E-state index contributed by atoms with van der Waals surface area (Å²) in [5, 5.41) is 5.12. The van der Waals surface area contributed by atoms with Crippen LogP contribution in [0.2, 0.25) is 0 Å². The van der Waals surface area contributed by atoms with Gasteiger partial charge < -0.3 is 0 Å². The highest BCUT2D eigenvalue weighted by Gasteiger charge is 2.12. The van der Waals surface area contributed by atoms with Gasteiger partial charge >= 0.3 is 0 Å². The van der Waals surface area contributed by atoms with Gasteiger partial charge in [-0.05, 0) is 38.9 Å². The van der Waals surface area contributed by atoms with Gasteiger partial charge in [0.05, 0.1) is 5.69 Å². The molecule has 0 bridgehead atoms. The Morgan fingerprint density at radius 2 is 1.64 bits per heavy atom. The van der Waals surface area contributed by atoms with Gasteiger partial charge in [0.15, 0.2) is 0 Å². The molecular formula is C21H13N. The largest absolute Gasteiger partial charge is 0.256 e. The molecule has 0 unspecified atom stereocenters. The molecule has 0 amide bonds. The first-order valence-corrected chi connectivity index (χ1v) is 7.50. The van der Waals surface area contributed by atoms with Crippen molar-refractivity contribution in [1.82, 2.24) is 0 Å². The van der Waals surface area contributed by atoms with Gasteiger partial charge in [-0.1, -0.05) is 60.7 Å². The van der Waals surface area contributed by atoms with Crippen molar-refractivity contribution in [3.05, 3.63) is 87.1 Å². The average Bonchev–Trinajstić information content (AvgIpc) is 3.19. The molecule has 1 aliphatic heterocycles. The van der Waals surface area contributed by atoms with Crippen molar-refractivity contribution in [1.29, 1.82) is 0 Å². The highest BCUT2D eigenvalue weighted by molar-refractivity contribution is 5.98. The van der Waals surface area contributed by atoms with E-state index in [2.05, 4.69) is 77.8 Å². The van der Waals surface area contributed by atoms with Crippen molar-refractivity contribution in [2.75, 3.05) is 0 Å². The molecule has 102 valence electrons. The molecular weight excluding hydrogens is 266 g/mol. The van der Waals surface area contributed by atoms with E-state index in [9.17, 15) is 0 Å². The van der Waals surface area contributed by atoms with Gasteiger partial charge in [0.1, 0.15) is 0 Å². The summed E-state index contributed by atoms with van der Waals surface area (Å²) in [5.74, 6) is 0. The Hall–Kier alpha value is -2.93. The van der Waals surface area contributed by atoms with E-state index < -0.39 is 0 Å². The Balaban J connectivity index is 2.00. The predicted molar refractivity (Wildman–Crippen MR) is 91.4 cm³/mol. The number of aliphatic imine (C=N–C) groups is 1. The Morgan fingerprint density at radius 3 is 2.55 bits per heavy atom. The number of hydrogen-bond acceptors (Lipinski definition) is 1. The van der Waals surface area contributed by atoms with Crippen LogP contribution >= 0.6 is 0 Å². The van der Waals surface area contributed by atoms with Crippen LogP contribution in [0.5, 0.6) is 0 Å². The fraction of sp³-hybridized carbons (Fsp3) is 0. The summed E-state index contributed by atoms with van der Waals surface area (Å²) in [6.07, 6.45) is 6.23. The van der Waals surface area contributed by atoms with Crippen molar-refractivity contribution in [3.8, 4) is 11.1 Å². The Kier molecular flexibility index (Phi) is 2.28. The lowest BCUT2D eigenvalue weighted by molar-refractivity contribution is 1.43. The Morgan fingerprint density at radius 1 is 0.727 bits per heavy atom. The summed E-state index contributed by atoms with van der Waals surface area (Å²) in [6.45, 7) is 0. The summed E-state index contributed by atoms with van der Waals surface area (Å²) in [6, 6.07) is 21.5. The minimum absolute atomic E-state index is 1.10. The lowest BCUT2D eigenvalue weighted by atomic mass is 10.0. The van der Waals surface area contributed by atoms with Gasteiger partial charge in [-0.15, -0.1) is 0 Å². The molecule has 0 spiro atoms. The van der Waals surface area contributed by atoms with Crippen LogP contribution in [0.15, 0.2) is 65.7 Å². The molecule has 3 aromatic carbocycles. The summed E-state index contributed by atoms with van der Waals surface area (Å²) >= 11 is 0. The van der Waals surface area contributed by atoms with E-state index in [0.29, 0.717) is 0 Å². The van der Waals surface area contributed by atoms with E-state index in [1.165, 1.54) is 37.6 Å². The van der Waals surface area contributed by atoms with Gasteiger partial charge in [0.2, 0.25) is 0 Å². The standard InChI is InChI=1S/C21H13N/c1-2-5-14(6-3-1)17-8-4-7-16-13-19-18(20(16)17)10-9-15-11-12-22-21(15)19/h1-13H. The molecule has 1 aliphatic carbocycles. The smallest absolute Gasteiger partial charge is 0.0781 e. The topological polar surface area (TPSA) is 12.4 Å². The van der Waals surface area contributed by atoms with Gasteiger partial charge in [0.25, 0.3) is 0 Å². The Labute approximate surface area is 127 Å². The minimum atomic E-state index is 1.10. The summed E-state index contributed by atoms with van der Waals surface area (Å²) in [7, 11) is 0. The number of hydrogen-bond donors (Lipinski definition) is 0. The molecule has 5 rings (SSSR count). The molecule has 0 N–H and O–H groups in total. The van der Waals surface area contributed by atoms with Crippen LogP contribution in [-0.2, 0) is 0 Å². The number of benzene rings is 3. The summed E-state index contributed by atoms with van der Waals surface area (Å²) in [5.41, 5.74) is 4.91. The maximum Gasteiger partial charge on any atom is 0.0781 e. The van der Waals surface area contributed by atoms with Crippen LogP contribution in [0, 0.1) is 10.4 Å². The van der Waals surface area contributed by atoms with E-state index in [4.69, 9.17) is 0 Å². The zero-order chi connectivity index (χ0) is 14.5. The lowest BCUT2D eigenvalue weighted by Crippen LogP contribution is -2.00. The number of nitrogens with zero attached hydrogens (tertiary/aromatic N) is 1. The average molecular weight is 279 g/mol. The molecule has 1 nitrogen and oxygen atoms in total. The number of fused-ring (bicyclic) bond motifs is 4. The number of rotatable bonds is 1. The van der Waals surface area contributed by atoms with E-state index in [-0.39, 0.29) is 0 Å². The van der Waals surface area contributed by atoms with Crippen LogP contribution in [0.1, 0.15) is 5.56 Å².